The fraction of sp³-hybridized carbons (Fsp3) is 0.125. The molecule has 0 radical (unpaired) electrons. The largest absolute Gasteiger partial charge is 0.507 e. The molecule has 8 heteroatoms. The van der Waals surface area contributed by atoms with Crippen molar-refractivity contribution in [3.63, 3.8) is 0 Å². The molecule has 24 heavy (non-hydrogen) atoms. The third-order valence-corrected chi connectivity index (χ3v) is 3.24. The summed E-state index contributed by atoms with van der Waals surface area (Å²) in [6.07, 6.45) is -3.54. The van der Waals surface area contributed by atoms with Gasteiger partial charge in [0.1, 0.15) is 5.75 Å². The minimum absolute atomic E-state index is 0.0738. The minimum atomic E-state index is -4.46. The Morgan fingerprint density at radius 2 is 2.00 bits per heavy atom. The summed E-state index contributed by atoms with van der Waals surface area (Å²) in [5, 5.41) is 13.6. The number of rotatable bonds is 4. The van der Waals surface area contributed by atoms with E-state index in [4.69, 9.17) is 11.6 Å². The SMILES string of the molecule is O=C(Cc1cccc(C(F)(F)F)c1)N/N=C\c1cc(Cl)ccc1O. The Balaban J connectivity index is 1.99. The van der Waals surface area contributed by atoms with Crippen molar-refractivity contribution in [3.05, 3.63) is 64.2 Å². The van der Waals surface area contributed by atoms with Gasteiger partial charge in [0.15, 0.2) is 0 Å². The smallest absolute Gasteiger partial charge is 0.416 e. The first-order valence-corrected chi connectivity index (χ1v) is 7.10. The molecule has 0 saturated carbocycles. The van der Waals surface area contributed by atoms with Crippen LogP contribution >= 0.6 is 11.6 Å². The van der Waals surface area contributed by atoms with E-state index in [1.54, 1.807) is 0 Å². The van der Waals surface area contributed by atoms with Crippen LogP contribution in [0, 0.1) is 0 Å². The summed E-state index contributed by atoms with van der Waals surface area (Å²) in [6.45, 7) is 0. The standard InChI is InChI=1S/C16H12ClF3N2O2/c17-13-4-5-14(23)11(8-13)9-21-22-15(24)7-10-2-1-3-12(6-10)16(18,19)20/h1-6,8-9,23H,7H2,(H,22,24)/b21-9-. The normalized spacial score (nSPS) is 11.7. The molecule has 4 nitrogen and oxygen atoms in total. The second-order valence-electron chi connectivity index (χ2n) is 4.87. The predicted octanol–water partition coefficient (Wildman–Crippen LogP) is 3.76. The van der Waals surface area contributed by atoms with Crippen molar-refractivity contribution in [2.75, 3.05) is 0 Å². The summed E-state index contributed by atoms with van der Waals surface area (Å²) >= 11 is 5.77. The van der Waals surface area contributed by atoms with Gasteiger partial charge in [-0.25, -0.2) is 5.43 Å². The van der Waals surface area contributed by atoms with Crippen molar-refractivity contribution in [2.24, 2.45) is 5.10 Å². The van der Waals surface area contributed by atoms with Crippen LogP contribution in [0.15, 0.2) is 47.6 Å². The van der Waals surface area contributed by atoms with Gasteiger partial charge in [-0.05, 0) is 29.8 Å². The molecule has 0 heterocycles. The van der Waals surface area contributed by atoms with E-state index in [9.17, 15) is 23.1 Å². The highest BCUT2D eigenvalue weighted by Gasteiger charge is 2.30. The van der Waals surface area contributed by atoms with Crippen LogP contribution in [0.5, 0.6) is 5.75 Å². The van der Waals surface area contributed by atoms with Crippen molar-refractivity contribution in [1.82, 2.24) is 5.43 Å². The summed E-state index contributed by atoms with van der Waals surface area (Å²) in [5.41, 5.74) is 1.86. The highest BCUT2D eigenvalue weighted by molar-refractivity contribution is 6.30. The Morgan fingerprint density at radius 1 is 1.25 bits per heavy atom. The molecule has 0 bridgehead atoms. The van der Waals surface area contributed by atoms with Gasteiger partial charge in [0.25, 0.3) is 0 Å². The van der Waals surface area contributed by atoms with Crippen LogP contribution in [0.25, 0.3) is 0 Å². The van der Waals surface area contributed by atoms with Gasteiger partial charge < -0.3 is 5.11 Å². The van der Waals surface area contributed by atoms with Crippen molar-refractivity contribution in [1.29, 1.82) is 0 Å². The summed E-state index contributed by atoms with van der Waals surface area (Å²) in [4.78, 5) is 11.7. The average Bonchev–Trinajstić information content (AvgIpc) is 2.50. The summed E-state index contributed by atoms with van der Waals surface area (Å²) in [7, 11) is 0. The molecule has 2 aromatic carbocycles. The summed E-state index contributed by atoms with van der Waals surface area (Å²) in [5.74, 6) is -0.664. The summed E-state index contributed by atoms with van der Waals surface area (Å²) < 4.78 is 37.8. The van der Waals surface area contributed by atoms with E-state index in [0.717, 1.165) is 12.1 Å². The molecule has 0 fully saturated rings. The van der Waals surface area contributed by atoms with Crippen LogP contribution in [-0.2, 0) is 17.4 Å². The second kappa shape index (κ2) is 7.35. The molecule has 2 rings (SSSR count). The monoisotopic (exact) mass is 356 g/mol. The Hall–Kier alpha value is -2.54. The predicted molar refractivity (Wildman–Crippen MR) is 84.0 cm³/mol. The molecule has 2 N–H and O–H groups in total. The molecule has 0 spiro atoms. The number of phenolic OH excluding ortho intramolecular Hbond substituents is 1. The fourth-order valence-electron chi connectivity index (χ4n) is 1.89. The number of alkyl halides is 3. The Morgan fingerprint density at radius 3 is 2.71 bits per heavy atom. The number of halogens is 4. The topological polar surface area (TPSA) is 61.7 Å². The molecule has 1 amide bonds. The minimum Gasteiger partial charge on any atom is -0.507 e. The first kappa shape index (κ1) is 17.8. The molecule has 0 aromatic heterocycles. The number of carbonyl (C=O) groups excluding carboxylic acids is 1. The average molecular weight is 357 g/mol. The fourth-order valence-corrected chi connectivity index (χ4v) is 2.07. The van der Waals surface area contributed by atoms with Gasteiger partial charge >= 0.3 is 6.18 Å². The molecular formula is C16H12ClF3N2O2. The molecule has 2 aromatic rings. The zero-order valence-corrected chi connectivity index (χ0v) is 12.9. The van der Waals surface area contributed by atoms with Crippen LogP contribution in [0.2, 0.25) is 5.02 Å². The molecule has 0 aliphatic rings. The maximum absolute atomic E-state index is 12.6. The third-order valence-electron chi connectivity index (χ3n) is 3.00. The lowest BCUT2D eigenvalue weighted by atomic mass is 10.1. The van der Waals surface area contributed by atoms with Crippen molar-refractivity contribution in [2.45, 2.75) is 12.6 Å². The first-order valence-electron chi connectivity index (χ1n) is 6.72. The first-order chi connectivity index (χ1) is 11.3. The van der Waals surface area contributed by atoms with Crippen molar-refractivity contribution in [3.8, 4) is 5.75 Å². The Kier molecular flexibility index (Phi) is 5.46. The quantitative estimate of drug-likeness (QED) is 0.647. The lowest BCUT2D eigenvalue weighted by molar-refractivity contribution is -0.137. The zero-order valence-electron chi connectivity index (χ0n) is 12.1. The van der Waals surface area contributed by atoms with Gasteiger partial charge in [0.05, 0.1) is 18.2 Å². The number of nitrogens with one attached hydrogen (secondary N) is 1. The van der Waals surface area contributed by atoms with E-state index >= 15 is 0 Å². The maximum atomic E-state index is 12.6. The number of hydrazone groups is 1. The molecule has 0 aliphatic heterocycles. The van der Waals surface area contributed by atoms with Gasteiger partial charge in [-0.3, -0.25) is 4.79 Å². The number of phenols is 1. The van der Waals surface area contributed by atoms with Crippen molar-refractivity contribution < 1.29 is 23.1 Å². The Labute approximate surface area is 140 Å². The van der Waals surface area contributed by atoms with Crippen LogP contribution in [-0.4, -0.2) is 17.2 Å². The third kappa shape index (κ3) is 4.99. The number of aromatic hydroxyl groups is 1. The second-order valence-corrected chi connectivity index (χ2v) is 5.31. The van der Waals surface area contributed by atoms with Crippen molar-refractivity contribution >= 4 is 23.7 Å². The maximum Gasteiger partial charge on any atom is 0.416 e. The van der Waals surface area contributed by atoms with Gasteiger partial charge in [0, 0.05) is 10.6 Å². The van der Waals surface area contributed by atoms with Crippen LogP contribution < -0.4 is 5.43 Å². The van der Waals surface area contributed by atoms with Crippen LogP contribution in [0.4, 0.5) is 13.2 Å². The molecule has 0 unspecified atom stereocenters. The summed E-state index contributed by atoms with van der Waals surface area (Å²) in [6, 6.07) is 8.79. The van der Waals surface area contributed by atoms with Gasteiger partial charge in [0.2, 0.25) is 5.91 Å². The van der Waals surface area contributed by atoms with Gasteiger partial charge in [-0.2, -0.15) is 18.3 Å². The number of amides is 1. The molecular weight excluding hydrogens is 345 g/mol. The van der Waals surface area contributed by atoms with Gasteiger partial charge in [-0.1, -0.05) is 29.8 Å². The number of hydrogen-bond donors (Lipinski definition) is 2. The number of nitrogens with zero attached hydrogens (tertiary/aromatic N) is 1. The molecule has 0 atom stereocenters. The van der Waals surface area contributed by atoms with E-state index in [-0.39, 0.29) is 17.7 Å². The zero-order chi connectivity index (χ0) is 17.7. The van der Waals surface area contributed by atoms with Crippen LogP contribution in [0.1, 0.15) is 16.7 Å². The van der Waals surface area contributed by atoms with E-state index in [1.165, 1.54) is 36.5 Å². The lowest BCUT2D eigenvalue weighted by Gasteiger charge is -2.08. The van der Waals surface area contributed by atoms with Gasteiger partial charge in [-0.15, -0.1) is 0 Å². The van der Waals surface area contributed by atoms with E-state index in [1.807, 2.05) is 0 Å². The van der Waals surface area contributed by atoms with E-state index in [0.29, 0.717) is 10.6 Å². The van der Waals surface area contributed by atoms with E-state index in [2.05, 4.69) is 10.5 Å². The van der Waals surface area contributed by atoms with Crippen LogP contribution in [0.3, 0.4) is 0 Å². The van der Waals surface area contributed by atoms with E-state index < -0.39 is 17.6 Å². The number of carbonyl (C=O) groups is 1. The molecule has 0 aliphatic carbocycles. The molecule has 126 valence electrons. The lowest BCUT2D eigenvalue weighted by Crippen LogP contribution is -2.20. The Bertz CT molecular complexity index is 776. The molecule has 0 saturated heterocycles. The highest BCUT2D eigenvalue weighted by Crippen LogP contribution is 2.29. The number of benzene rings is 2. The highest BCUT2D eigenvalue weighted by atomic mass is 35.5. The number of hydrogen-bond acceptors (Lipinski definition) is 3.